The number of hydrogen-bond donors (Lipinski definition) is 0. The summed E-state index contributed by atoms with van der Waals surface area (Å²) in [5, 5.41) is 0. The van der Waals surface area contributed by atoms with Crippen molar-refractivity contribution < 1.29 is 0 Å². The third-order valence-electron chi connectivity index (χ3n) is 4.79. The minimum absolute atomic E-state index is 0.0422. The Kier molecular flexibility index (Phi) is 10.9. The van der Waals surface area contributed by atoms with Gasteiger partial charge < -0.3 is 0 Å². The predicted octanol–water partition coefficient (Wildman–Crippen LogP) is 7.45. The molecule has 1 aromatic carbocycles. The van der Waals surface area contributed by atoms with Crippen molar-refractivity contribution >= 4 is 16.1 Å². The molecule has 1 rings (SSSR count). The van der Waals surface area contributed by atoms with Crippen molar-refractivity contribution in [2.45, 2.75) is 90.5 Å². The van der Waals surface area contributed by atoms with Gasteiger partial charge in [0.05, 0.1) is 5.54 Å². The van der Waals surface area contributed by atoms with Crippen molar-refractivity contribution in [3.05, 3.63) is 35.9 Å². The zero-order valence-corrected chi connectivity index (χ0v) is 17.1. The number of rotatable bonds is 13. The number of benzene rings is 1. The molecule has 0 radical (unpaired) electrons. The van der Waals surface area contributed by atoms with Gasteiger partial charge in [-0.25, -0.2) is 3.93 Å². The summed E-state index contributed by atoms with van der Waals surface area (Å²) in [6.07, 6.45) is 13.9. The largest absolute Gasteiger partial charge is 0.232 e. The lowest BCUT2D eigenvalue weighted by atomic mass is 9.94. The summed E-state index contributed by atoms with van der Waals surface area (Å²) in [6.45, 7) is 7.96. The van der Waals surface area contributed by atoms with Crippen LogP contribution in [0.2, 0.25) is 0 Å². The van der Waals surface area contributed by atoms with Crippen LogP contribution in [0.5, 0.6) is 0 Å². The van der Waals surface area contributed by atoms with Gasteiger partial charge >= 0.3 is 0 Å². The number of unbranched alkanes of at least 4 members (excludes halogenated alkanes) is 9. The average molecular weight is 382 g/mol. The van der Waals surface area contributed by atoms with Gasteiger partial charge in [-0.3, -0.25) is 0 Å². The zero-order valence-electron chi connectivity index (χ0n) is 15.5. The zero-order chi connectivity index (χ0) is 17.0. The number of halogens is 1. The molecule has 0 unspecified atom stereocenters. The summed E-state index contributed by atoms with van der Waals surface area (Å²) in [5.41, 5.74) is 1.41. The van der Waals surface area contributed by atoms with Gasteiger partial charge in [-0.1, -0.05) is 95.0 Å². The molecule has 0 aliphatic heterocycles. The summed E-state index contributed by atoms with van der Waals surface area (Å²) in [6, 6.07) is 10.8. The summed E-state index contributed by atoms with van der Waals surface area (Å²) >= 11 is 3.79. The Hall–Kier alpha value is -0.340. The highest BCUT2D eigenvalue weighted by atomic mass is 79.9. The lowest BCUT2D eigenvalue weighted by Crippen LogP contribution is -2.34. The van der Waals surface area contributed by atoms with Crippen molar-refractivity contribution in [1.82, 2.24) is 3.93 Å². The molecule has 132 valence electrons. The average Bonchev–Trinajstić information content (AvgIpc) is 2.57. The van der Waals surface area contributed by atoms with Crippen molar-refractivity contribution in [2.75, 3.05) is 6.54 Å². The Labute approximate surface area is 153 Å². The van der Waals surface area contributed by atoms with E-state index in [4.69, 9.17) is 0 Å². The molecule has 0 saturated heterocycles. The monoisotopic (exact) mass is 381 g/mol. The SMILES string of the molecule is CCCCCCCCCCCCN(Br)C(C)(C)c1ccccc1. The third-order valence-corrected chi connectivity index (χ3v) is 6.04. The van der Waals surface area contributed by atoms with Gasteiger partial charge in [-0.15, -0.1) is 0 Å². The van der Waals surface area contributed by atoms with Gasteiger partial charge in [0.25, 0.3) is 0 Å². The first-order valence-corrected chi connectivity index (χ1v) is 10.3. The molecule has 0 spiro atoms. The number of hydrogen-bond acceptors (Lipinski definition) is 1. The molecule has 1 nitrogen and oxygen atoms in total. The second-order valence-corrected chi connectivity index (χ2v) is 8.05. The quantitative estimate of drug-likeness (QED) is 0.253. The van der Waals surface area contributed by atoms with E-state index in [-0.39, 0.29) is 5.54 Å². The van der Waals surface area contributed by atoms with Crippen LogP contribution < -0.4 is 0 Å². The molecule has 2 heteroatoms. The first-order chi connectivity index (χ1) is 11.1. The van der Waals surface area contributed by atoms with E-state index < -0.39 is 0 Å². The van der Waals surface area contributed by atoms with Crippen LogP contribution in [-0.2, 0) is 5.54 Å². The summed E-state index contributed by atoms with van der Waals surface area (Å²) in [4.78, 5) is 0. The molecule has 0 saturated carbocycles. The summed E-state index contributed by atoms with van der Waals surface area (Å²) < 4.78 is 2.32. The van der Waals surface area contributed by atoms with E-state index in [0.717, 1.165) is 6.54 Å². The van der Waals surface area contributed by atoms with E-state index in [1.807, 2.05) is 0 Å². The number of nitrogens with zero attached hydrogens (tertiary/aromatic N) is 1. The fraction of sp³-hybridized carbons (Fsp3) is 0.714. The van der Waals surface area contributed by atoms with E-state index in [2.05, 4.69) is 71.2 Å². The Balaban J connectivity index is 2.09. The highest BCUT2D eigenvalue weighted by Crippen LogP contribution is 2.30. The van der Waals surface area contributed by atoms with E-state index in [1.54, 1.807) is 0 Å². The minimum atomic E-state index is 0.0422. The lowest BCUT2D eigenvalue weighted by Gasteiger charge is -2.34. The highest BCUT2D eigenvalue weighted by molar-refractivity contribution is 9.07. The van der Waals surface area contributed by atoms with Gasteiger partial charge in [-0.2, -0.15) is 0 Å². The summed E-state index contributed by atoms with van der Waals surface area (Å²) in [7, 11) is 0. The van der Waals surface area contributed by atoms with Crippen LogP contribution in [0, 0.1) is 0 Å². The van der Waals surface area contributed by atoms with Crippen LogP contribution in [0.1, 0.15) is 90.5 Å². The van der Waals surface area contributed by atoms with Gasteiger partial charge in [0.15, 0.2) is 0 Å². The molecule has 0 aliphatic rings. The fourth-order valence-corrected chi connectivity index (χ4v) is 3.46. The molecule has 1 aromatic rings. The molecule has 0 heterocycles. The molecule has 23 heavy (non-hydrogen) atoms. The first-order valence-electron chi connectivity index (χ1n) is 9.58. The predicted molar refractivity (Wildman–Crippen MR) is 107 cm³/mol. The second-order valence-electron chi connectivity index (χ2n) is 7.19. The molecular formula is C21H36BrN. The molecule has 0 amide bonds. The molecule has 0 atom stereocenters. The minimum Gasteiger partial charge on any atom is -0.232 e. The maximum atomic E-state index is 3.79. The molecule has 0 aliphatic carbocycles. The molecule has 0 bridgehead atoms. The van der Waals surface area contributed by atoms with Crippen LogP contribution in [0.4, 0.5) is 0 Å². The van der Waals surface area contributed by atoms with E-state index in [1.165, 1.54) is 69.8 Å². The third kappa shape index (κ3) is 8.35. The Bertz CT molecular complexity index is 388. The first kappa shape index (κ1) is 20.7. The molecule has 0 N–H and O–H groups in total. The van der Waals surface area contributed by atoms with Crippen molar-refractivity contribution in [2.24, 2.45) is 0 Å². The topological polar surface area (TPSA) is 3.24 Å². The molecule has 0 aromatic heterocycles. The van der Waals surface area contributed by atoms with Crippen LogP contribution in [0.15, 0.2) is 30.3 Å². The van der Waals surface area contributed by atoms with Crippen molar-refractivity contribution in [3.63, 3.8) is 0 Å². The van der Waals surface area contributed by atoms with Crippen LogP contribution in [0.3, 0.4) is 0 Å². The van der Waals surface area contributed by atoms with Crippen LogP contribution in [0.25, 0.3) is 0 Å². The van der Waals surface area contributed by atoms with Crippen molar-refractivity contribution in [1.29, 1.82) is 0 Å². The van der Waals surface area contributed by atoms with Gasteiger partial charge in [0.2, 0.25) is 0 Å². The van der Waals surface area contributed by atoms with Gasteiger partial charge in [-0.05, 0) is 25.8 Å². The standard InChI is InChI=1S/C21H36BrN/c1-4-5-6-7-8-9-10-11-12-16-19-23(22)21(2,3)20-17-14-13-15-18-20/h13-15,17-18H,4-12,16,19H2,1-3H3. The van der Waals surface area contributed by atoms with Crippen molar-refractivity contribution in [3.8, 4) is 0 Å². The second kappa shape index (κ2) is 12.1. The molecule has 0 fully saturated rings. The summed E-state index contributed by atoms with van der Waals surface area (Å²) in [5.74, 6) is 0. The normalized spacial score (nSPS) is 12.0. The van der Waals surface area contributed by atoms with Crippen LogP contribution in [-0.4, -0.2) is 10.5 Å². The lowest BCUT2D eigenvalue weighted by molar-refractivity contribution is 0.258. The maximum Gasteiger partial charge on any atom is 0.0508 e. The van der Waals surface area contributed by atoms with Crippen LogP contribution >= 0.6 is 16.1 Å². The van der Waals surface area contributed by atoms with E-state index in [0.29, 0.717) is 0 Å². The van der Waals surface area contributed by atoms with Gasteiger partial charge in [0, 0.05) is 22.7 Å². The highest BCUT2D eigenvalue weighted by Gasteiger charge is 2.26. The Morgan fingerprint density at radius 2 is 1.26 bits per heavy atom. The maximum absolute atomic E-state index is 3.79. The van der Waals surface area contributed by atoms with Gasteiger partial charge in [0.1, 0.15) is 0 Å². The molecular weight excluding hydrogens is 346 g/mol. The smallest absolute Gasteiger partial charge is 0.0508 e. The fourth-order valence-electron chi connectivity index (χ4n) is 3.00. The Morgan fingerprint density at radius 3 is 1.78 bits per heavy atom. The Morgan fingerprint density at radius 1 is 0.783 bits per heavy atom. The van der Waals surface area contributed by atoms with E-state index >= 15 is 0 Å². The van der Waals surface area contributed by atoms with E-state index in [9.17, 15) is 0 Å².